The summed E-state index contributed by atoms with van der Waals surface area (Å²) in [6.07, 6.45) is 0.210. The SMILES string of the molecule is COc1cccc(Cl)c1CC(=O)NCC(C)(C)N1CCOCC1. The second kappa shape index (κ2) is 7.99. The Hall–Kier alpha value is -1.30. The van der Waals surface area contributed by atoms with E-state index in [1.54, 1.807) is 13.2 Å². The molecule has 2 rings (SSSR count). The first kappa shape index (κ1) is 18.0. The van der Waals surface area contributed by atoms with Crippen LogP contribution in [0.1, 0.15) is 19.4 Å². The molecule has 1 N–H and O–H groups in total. The number of ether oxygens (including phenoxy) is 2. The maximum absolute atomic E-state index is 12.3. The van der Waals surface area contributed by atoms with E-state index in [1.807, 2.05) is 12.1 Å². The van der Waals surface area contributed by atoms with Crippen LogP contribution in [0.15, 0.2) is 18.2 Å². The number of morpholine rings is 1. The van der Waals surface area contributed by atoms with Crippen LogP contribution in [0.5, 0.6) is 5.75 Å². The van der Waals surface area contributed by atoms with E-state index in [2.05, 4.69) is 24.1 Å². The first-order chi connectivity index (χ1) is 10.9. The summed E-state index contributed by atoms with van der Waals surface area (Å²) in [6, 6.07) is 5.39. The van der Waals surface area contributed by atoms with E-state index in [-0.39, 0.29) is 17.9 Å². The van der Waals surface area contributed by atoms with Crippen LogP contribution in [0.4, 0.5) is 0 Å². The summed E-state index contributed by atoms with van der Waals surface area (Å²) in [5.41, 5.74) is 0.614. The van der Waals surface area contributed by atoms with Gasteiger partial charge in [-0.1, -0.05) is 17.7 Å². The molecule has 1 aromatic carbocycles. The number of rotatable bonds is 6. The van der Waals surface area contributed by atoms with Gasteiger partial charge < -0.3 is 14.8 Å². The van der Waals surface area contributed by atoms with Crippen molar-refractivity contribution < 1.29 is 14.3 Å². The summed E-state index contributed by atoms with van der Waals surface area (Å²) in [6.45, 7) is 8.12. The lowest BCUT2D eigenvalue weighted by molar-refractivity contribution is -0.121. The Morgan fingerprint density at radius 2 is 2.09 bits per heavy atom. The summed E-state index contributed by atoms with van der Waals surface area (Å²) < 4.78 is 10.7. The van der Waals surface area contributed by atoms with E-state index < -0.39 is 0 Å². The summed E-state index contributed by atoms with van der Waals surface area (Å²) in [5, 5.41) is 3.56. The number of hydrogen-bond donors (Lipinski definition) is 1. The highest BCUT2D eigenvalue weighted by Crippen LogP contribution is 2.26. The van der Waals surface area contributed by atoms with E-state index in [4.69, 9.17) is 21.1 Å². The van der Waals surface area contributed by atoms with Gasteiger partial charge >= 0.3 is 0 Å². The molecule has 23 heavy (non-hydrogen) atoms. The van der Waals surface area contributed by atoms with Crippen LogP contribution in [0.3, 0.4) is 0 Å². The molecular weight excluding hydrogens is 316 g/mol. The lowest BCUT2D eigenvalue weighted by atomic mass is 10.0. The standard InChI is InChI=1S/C17H25ClN2O3/c1-17(2,20-7-9-23-10-8-20)12-19-16(21)11-13-14(18)5-4-6-15(13)22-3/h4-6H,7-12H2,1-3H3,(H,19,21). The second-order valence-corrected chi connectivity index (χ2v) is 6.69. The summed E-state index contributed by atoms with van der Waals surface area (Å²) in [7, 11) is 1.58. The molecule has 1 amide bonds. The van der Waals surface area contributed by atoms with Crippen molar-refractivity contribution in [2.45, 2.75) is 25.8 Å². The van der Waals surface area contributed by atoms with Gasteiger partial charge in [-0.2, -0.15) is 0 Å². The van der Waals surface area contributed by atoms with Crippen LogP contribution in [-0.2, 0) is 16.0 Å². The number of carbonyl (C=O) groups is 1. The molecule has 0 bridgehead atoms. The zero-order valence-corrected chi connectivity index (χ0v) is 14.8. The van der Waals surface area contributed by atoms with E-state index in [9.17, 15) is 4.79 Å². The normalized spacial score (nSPS) is 16.2. The van der Waals surface area contributed by atoms with Gasteiger partial charge in [-0.25, -0.2) is 0 Å². The lowest BCUT2D eigenvalue weighted by Crippen LogP contribution is -2.55. The van der Waals surface area contributed by atoms with Crippen molar-refractivity contribution in [2.24, 2.45) is 0 Å². The predicted octanol–water partition coefficient (Wildman–Crippen LogP) is 2.12. The monoisotopic (exact) mass is 340 g/mol. The molecule has 0 spiro atoms. The molecule has 0 atom stereocenters. The first-order valence-corrected chi connectivity index (χ1v) is 8.23. The van der Waals surface area contributed by atoms with Crippen LogP contribution in [-0.4, -0.2) is 56.3 Å². The molecule has 1 saturated heterocycles. The summed E-state index contributed by atoms with van der Waals surface area (Å²) in [4.78, 5) is 14.6. The highest BCUT2D eigenvalue weighted by Gasteiger charge is 2.28. The highest BCUT2D eigenvalue weighted by atomic mass is 35.5. The second-order valence-electron chi connectivity index (χ2n) is 6.29. The molecule has 6 heteroatoms. The molecular formula is C17H25ClN2O3. The topological polar surface area (TPSA) is 50.8 Å². The zero-order chi connectivity index (χ0) is 16.9. The Morgan fingerprint density at radius 1 is 1.39 bits per heavy atom. The number of hydrogen-bond acceptors (Lipinski definition) is 4. The van der Waals surface area contributed by atoms with Gasteiger partial charge in [0.2, 0.25) is 5.91 Å². The van der Waals surface area contributed by atoms with Gasteiger partial charge in [0.15, 0.2) is 0 Å². The molecule has 0 unspecified atom stereocenters. The quantitative estimate of drug-likeness (QED) is 0.861. The number of nitrogens with zero attached hydrogens (tertiary/aromatic N) is 1. The van der Waals surface area contributed by atoms with E-state index in [0.717, 1.165) is 31.9 Å². The molecule has 5 nitrogen and oxygen atoms in total. The average Bonchev–Trinajstić information content (AvgIpc) is 2.56. The molecule has 0 saturated carbocycles. The number of nitrogens with one attached hydrogen (secondary N) is 1. The van der Waals surface area contributed by atoms with Crippen molar-refractivity contribution in [1.82, 2.24) is 10.2 Å². The van der Waals surface area contributed by atoms with Crippen LogP contribution >= 0.6 is 11.6 Å². The van der Waals surface area contributed by atoms with Gasteiger partial charge in [-0.3, -0.25) is 9.69 Å². The molecule has 1 aliphatic rings. The van der Waals surface area contributed by atoms with Gasteiger partial charge in [0.1, 0.15) is 5.75 Å². The summed E-state index contributed by atoms with van der Waals surface area (Å²) in [5.74, 6) is 0.581. The molecule has 0 radical (unpaired) electrons. The third kappa shape index (κ3) is 4.83. The smallest absolute Gasteiger partial charge is 0.224 e. The van der Waals surface area contributed by atoms with Crippen LogP contribution in [0.2, 0.25) is 5.02 Å². The maximum atomic E-state index is 12.3. The van der Waals surface area contributed by atoms with Crippen molar-refractivity contribution in [3.63, 3.8) is 0 Å². The maximum Gasteiger partial charge on any atom is 0.224 e. The van der Waals surface area contributed by atoms with Gasteiger partial charge in [-0.15, -0.1) is 0 Å². The van der Waals surface area contributed by atoms with Crippen molar-refractivity contribution in [1.29, 1.82) is 0 Å². The Balaban J connectivity index is 1.92. The van der Waals surface area contributed by atoms with E-state index >= 15 is 0 Å². The van der Waals surface area contributed by atoms with Crippen molar-refractivity contribution in [3.8, 4) is 5.75 Å². The minimum atomic E-state index is -0.107. The highest BCUT2D eigenvalue weighted by molar-refractivity contribution is 6.31. The Labute approximate surface area is 142 Å². The minimum absolute atomic E-state index is 0.0577. The van der Waals surface area contributed by atoms with Crippen molar-refractivity contribution >= 4 is 17.5 Å². The average molecular weight is 341 g/mol. The molecule has 1 aromatic rings. The third-order valence-corrected chi connectivity index (χ3v) is 4.57. The Bertz CT molecular complexity index is 543. The minimum Gasteiger partial charge on any atom is -0.496 e. The van der Waals surface area contributed by atoms with Crippen LogP contribution in [0, 0.1) is 0 Å². The van der Waals surface area contributed by atoms with E-state index in [1.165, 1.54) is 0 Å². The fourth-order valence-corrected chi connectivity index (χ4v) is 2.95. The van der Waals surface area contributed by atoms with Gasteiger partial charge in [-0.05, 0) is 26.0 Å². The van der Waals surface area contributed by atoms with Gasteiger partial charge in [0.25, 0.3) is 0 Å². The fourth-order valence-electron chi connectivity index (χ4n) is 2.72. The largest absolute Gasteiger partial charge is 0.496 e. The number of methoxy groups -OCH3 is 1. The molecule has 1 heterocycles. The first-order valence-electron chi connectivity index (χ1n) is 7.85. The zero-order valence-electron chi connectivity index (χ0n) is 14.0. The number of amides is 1. The molecule has 128 valence electrons. The van der Waals surface area contributed by atoms with Gasteiger partial charge in [0.05, 0.1) is 26.7 Å². The molecule has 0 aromatic heterocycles. The predicted molar refractivity (Wildman–Crippen MR) is 91.2 cm³/mol. The van der Waals surface area contributed by atoms with Crippen molar-refractivity contribution in [3.05, 3.63) is 28.8 Å². The Kier molecular flexibility index (Phi) is 6.27. The molecule has 0 aliphatic carbocycles. The fraction of sp³-hybridized carbons (Fsp3) is 0.588. The van der Waals surface area contributed by atoms with E-state index in [0.29, 0.717) is 17.3 Å². The van der Waals surface area contributed by atoms with Crippen molar-refractivity contribution in [2.75, 3.05) is 40.0 Å². The van der Waals surface area contributed by atoms with Crippen LogP contribution < -0.4 is 10.1 Å². The van der Waals surface area contributed by atoms with Crippen LogP contribution in [0.25, 0.3) is 0 Å². The number of halogens is 1. The third-order valence-electron chi connectivity index (χ3n) is 4.22. The van der Waals surface area contributed by atoms with Gasteiger partial charge in [0, 0.05) is 35.8 Å². The number of benzene rings is 1. The molecule has 1 fully saturated rings. The number of carbonyl (C=O) groups excluding carboxylic acids is 1. The molecule has 1 aliphatic heterocycles. The summed E-state index contributed by atoms with van der Waals surface area (Å²) >= 11 is 6.18. The Morgan fingerprint density at radius 3 is 2.74 bits per heavy atom. The lowest BCUT2D eigenvalue weighted by Gasteiger charge is -2.40.